The molecule has 5 unspecified atom stereocenters. The molecule has 1 aliphatic heterocycles. The molecular formula is C22H36N2O6. The van der Waals surface area contributed by atoms with Crippen LogP contribution in [0.4, 0.5) is 0 Å². The van der Waals surface area contributed by atoms with E-state index in [-0.39, 0.29) is 30.6 Å². The number of amides is 1. The number of hydrogen-bond donors (Lipinski definition) is 4. The summed E-state index contributed by atoms with van der Waals surface area (Å²) in [4.78, 5) is 37.8. The number of fused-ring (bicyclic) bond motifs is 2. The van der Waals surface area contributed by atoms with Crippen LogP contribution in [0, 0.1) is 23.7 Å². The van der Waals surface area contributed by atoms with E-state index in [0.29, 0.717) is 24.7 Å². The minimum atomic E-state index is -1.22. The van der Waals surface area contributed by atoms with Crippen molar-refractivity contribution in [3.8, 4) is 0 Å². The first-order valence-corrected chi connectivity index (χ1v) is 11.2. The van der Waals surface area contributed by atoms with Crippen molar-refractivity contribution in [1.29, 1.82) is 0 Å². The molecule has 170 valence electrons. The molecule has 0 spiro atoms. The Hall–Kier alpha value is -1.35. The Bertz CT molecular complexity index is 648. The molecule has 6 atom stereocenters. The lowest BCUT2D eigenvalue weighted by atomic mass is 9.85. The molecule has 8 nitrogen and oxygen atoms in total. The van der Waals surface area contributed by atoms with E-state index >= 15 is 0 Å². The van der Waals surface area contributed by atoms with E-state index in [2.05, 4.69) is 10.6 Å². The monoisotopic (exact) mass is 424 g/mol. The molecule has 2 bridgehead atoms. The number of aliphatic hydroxyl groups is 2. The largest absolute Gasteiger partial charge is 0.394 e. The second-order valence-corrected chi connectivity index (χ2v) is 9.79. The number of nitrogens with one attached hydrogen (secondary N) is 2. The van der Waals surface area contributed by atoms with E-state index in [1.165, 1.54) is 19.3 Å². The second-order valence-electron chi connectivity index (χ2n) is 9.79. The number of epoxide rings is 1. The van der Waals surface area contributed by atoms with Crippen molar-refractivity contribution in [1.82, 2.24) is 10.6 Å². The molecule has 4 N–H and O–H groups in total. The summed E-state index contributed by atoms with van der Waals surface area (Å²) in [5.74, 6) is 1.22. The van der Waals surface area contributed by atoms with Crippen molar-refractivity contribution >= 4 is 17.5 Å². The zero-order valence-electron chi connectivity index (χ0n) is 18.1. The Labute approximate surface area is 178 Å². The van der Waals surface area contributed by atoms with Gasteiger partial charge < -0.3 is 20.3 Å². The zero-order chi connectivity index (χ0) is 21.9. The third kappa shape index (κ3) is 5.46. The van der Waals surface area contributed by atoms with Crippen molar-refractivity contribution in [3.05, 3.63) is 0 Å². The lowest BCUT2D eigenvalue weighted by molar-refractivity contribution is -0.133. The predicted octanol–water partition coefficient (Wildman–Crippen LogP) is 0.194. The third-order valence-corrected chi connectivity index (χ3v) is 6.96. The molecule has 0 radical (unpaired) electrons. The highest BCUT2D eigenvalue weighted by atomic mass is 16.6. The van der Waals surface area contributed by atoms with Crippen LogP contribution in [0.15, 0.2) is 0 Å². The fraction of sp³-hybridized carbons (Fsp3) is 0.864. The molecule has 2 aliphatic carbocycles. The van der Waals surface area contributed by atoms with Crippen LogP contribution in [0.3, 0.4) is 0 Å². The molecule has 1 heterocycles. The van der Waals surface area contributed by atoms with Gasteiger partial charge >= 0.3 is 0 Å². The van der Waals surface area contributed by atoms with Gasteiger partial charge in [0.05, 0.1) is 32.4 Å². The van der Waals surface area contributed by atoms with E-state index in [1.54, 1.807) is 0 Å². The maximum Gasteiger partial charge on any atom is 0.240 e. The number of carbonyl (C=O) groups excluding carboxylic acids is 3. The highest BCUT2D eigenvalue weighted by molar-refractivity contribution is 5.97. The van der Waals surface area contributed by atoms with Gasteiger partial charge in [-0.05, 0) is 49.4 Å². The van der Waals surface area contributed by atoms with Gasteiger partial charge in [0.25, 0.3) is 0 Å². The fourth-order valence-electron chi connectivity index (χ4n) is 5.16. The summed E-state index contributed by atoms with van der Waals surface area (Å²) in [5.41, 5.74) is -1.22. The maximum absolute atomic E-state index is 12.7. The van der Waals surface area contributed by atoms with Crippen LogP contribution in [-0.2, 0) is 19.1 Å². The average molecular weight is 425 g/mol. The number of ketones is 2. The van der Waals surface area contributed by atoms with Gasteiger partial charge in [-0.1, -0.05) is 20.3 Å². The van der Waals surface area contributed by atoms with Gasteiger partial charge in [0.15, 0.2) is 11.4 Å². The number of rotatable bonds is 13. The molecular weight excluding hydrogens is 388 g/mol. The van der Waals surface area contributed by atoms with Crippen LogP contribution in [0.2, 0.25) is 0 Å². The molecule has 30 heavy (non-hydrogen) atoms. The number of aliphatic hydroxyl groups excluding tert-OH is 2. The number of Topliss-reactive ketones (excluding diaryl/α,β-unsaturated/α-hetero) is 2. The number of ether oxygens (including phenoxy) is 1. The first-order valence-electron chi connectivity index (χ1n) is 11.2. The first-order chi connectivity index (χ1) is 14.3. The summed E-state index contributed by atoms with van der Waals surface area (Å²) < 4.78 is 5.14. The lowest BCUT2D eigenvalue weighted by Crippen LogP contribution is -2.55. The lowest BCUT2D eigenvalue weighted by Gasteiger charge is -2.25. The summed E-state index contributed by atoms with van der Waals surface area (Å²) in [7, 11) is 0. The average Bonchev–Trinajstić information content (AvgIpc) is 3.23. The van der Waals surface area contributed by atoms with Crippen LogP contribution in [0.5, 0.6) is 0 Å². The quantitative estimate of drug-likeness (QED) is 0.311. The van der Waals surface area contributed by atoms with Crippen molar-refractivity contribution < 1.29 is 29.3 Å². The molecule has 2 saturated carbocycles. The second kappa shape index (κ2) is 9.85. The van der Waals surface area contributed by atoms with E-state index in [4.69, 9.17) is 4.74 Å². The normalized spacial score (nSPS) is 31.6. The Morgan fingerprint density at radius 1 is 1.13 bits per heavy atom. The SMILES string of the molecule is CC(C)CC(NC(=O)[C@H](CO)NCC(=O)CC1CC2CCC1C2)C(=O)C1(CO)CO1. The van der Waals surface area contributed by atoms with Crippen molar-refractivity contribution in [2.24, 2.45) is 23.7 Å². The molecule has 0 aromatic heterocycles. The molecule has 1 saturated heterocycles. The standard InChI is InChI=1S/C22H36N2O6/c1-13(2)5-18(20(28)22(11-26)12-30-22)24-21(29)19(10-25)23-9-17(27)8-16-7-14-3-4-15(16)6-14/h13-16,18-19,23,25-26H,3-12H2,1-2H3,(H,24,29)/t14?,15?,16?,18?,19-,22?/m0/s1. The van der Waals surface area contributed by atoms with Gasteiger partial charge in [0.2, 0.25) is 5.91 Å². The molecule has 3 aliphatic rings. The van der Waals surface area contributed by atoms with Gasteiger partial charge in [0, 0.05) is 6.42 Å². The predicted molar refractivity (Wildman–Crippen MR) is 110 cm³/mol. The maximum atomic E-state index is 12.7. The smallest absolute Gasteiger partial charge is 0.240 e. The highest BCUT2D eigenvalue weighted by Gasteiger charge is 2.54. The molecule has 3 rings (SSSR count). The Morgan fingerprint density at radius 3 is 2.37 bits per heavy atom. The number of hydrogen-bond acceptors (Lipinski definition) is 7. The van der Waals surface area contributed by atoms with Crippen LogP contribution < -0.4 is 10.6 Å². The van der Waals surface area contributed by atoms with Crippen LogP contribution in [-0.4, -0.2) is 71.7 Å². The first kappa shape index (κ1) is 23.3. The van der Waals surface area contributed by atoms with Crippen molar-refractivity contribution in [2.45, 2.75) is 70.1 Å². The number of carbonyl (C=O) groups is 3. The van der Waals surface area contributed by atoms with Gasteiger partial charge in [0.1, 0.15) is 11.8 Å². The Kier molecular flexibility index (Phi) is 7.66. The van der Waals surface area contributed by atoms with Crippen LogP contribution >= 0.6 is 0 Å². The molecule has 0 aromatic carbocycles. The Morgan fingerprint density at radius 2 is 1.87 bits per heavy atom. The van der Waals surface area contributed by atoms with Gasteiger partial charge in [-0.2, -0.15) is 0 Å². The summed E-state index contributed by atoms with van der Waals surface area (Å²) in [5, 5.41) is 24.6. The molecule has 8 heteroatoms. The van der Waals surface area contributed by atoms with Crippen LogP contribution in [0.25, 0.3) is 0 Å². The van der Waals surface area contributed by atoms with E-state index in [1.807, 2.05) is 13.8 Å². The Balaban J connectivity index is 1.49. The van der Waals surface area contributed by atoms with E-state index in [0.717, 1.165) is 12.3 Å². The van der Waals surface area contributed by atoms with Gasteiger partial charge in [-0.3, -0.25) is 19.7 Å². The summed E-state index contributed by atoms with van der Waals surface area (Å²) in [6.07, 6.45) is 5.82. The fourth-order valence-corrected chi connectivity index (χ4v) is 5.16. The molecule has 0 aromatic rings. The zero-order valence-corrected chi connectivity index (χ0v) is 18.1. The summed E-state index contributed by atoms with van der Waals surface area (Å²) in [6.45, 7) is 3.14. The topological polar surface area (TPSA) is 128 Å². The summed E-state index contributed by atoms with van der Waals surface area (Å²) in [6, 6.07) is -1.78. The van der Waals surface area contributed by atoms with Crippen molar-refractivity contribution in [3.63, 3.8) is 0 Å². The van der Waals surface area contributed by atoms with Gasteiger partial charge in [-0.25, -0.2) is 0 Å². The van der Waals surface area contributed by atoms with E-state index < -0.39 is 36.8 Å². The minimum Gasteiger partial charge on any atom is -0.394 e. The van der Waals surface area contributed by atoms with E-state index in [9.17, 15) is 24.6 Å². The van der Waals surface area contributed by atoms with Crippen LogP contribution in [0.1, 0.15) is 52.4 Å². The summed E-state index contributed by atoms with van der Waals surface area (Å²) >= 11 is 0. The third-order valence-electron chi connectivity index (χ3n) is 6.96. The van der Waals surface area contributed by atoms with Gasteiger partial charge in [-0.15, -0.1) is 0 Å². The highest BCUT2D eigenvalue weighted by Crippen LogP contribution is 2.49. The molecule has 3 fully saturated rings. The minimum absolute atomic E-state index is 0.0268. The molecule has 1 amide bonds. The van der Waals surface area contributed by atoms with Crippen molar-refractivity contribution in [2.75, 3.05) is 26.4 Å².